The van der Waals surface area contributed by atoms with Gasteiger partial charge in [-0.05, 0) is 0 Å². The fourth-order valence-corrected chi connectivity index (χ4v) is 2.60. The Labute approximate surface area is 161 Å². The Hall–Kier alpha value is -1.91. The molecule has 0 radical (unpaired) electrons. The molecule has 1 fully saturated rings. The molecule has 1 rings (SSSR count). The van der Waals surface area contributed by atoms with Crippen molar-refractivity contribution in [1.82, 2.24) is 0 Å². The van der Waals surface area contributed by atoms with E-state index in [0.29, 0.717) is 0 Å². The molecule has 1 saturated heterocycles. The van der Waals surface area contributed by atoms with Crippen LogP contribution >= 0.6 is 11.6 Å². The third-order valence-corrected chi connectivity index (χ3v) is 3.56. The highest BCUT2D eigenvalue weighted by Crippen LogP contribution is 2.34. The summed E-state index contributed by atoms with van der Waals surface area (Å²) in [7, 11) is 0. The van der Waals surface area contributed by atoms with Gasteiger partial charge in [0, 0.05) is 33.6 Å². The molecule has 0 N–H and O–H groups in total. The molecule has 27 heavy (non-hydrogen) atoms. The van der Waals surface area contributed by atoms with Gasteiger partial charge in [0.25, 0.3) is 0 Å². The molecule has 1 heterocycles. The van der Waals surface area contributed by atoms with Crippen molar-refractivity contribution in [3.63, 3.8) is 0 Å². The van der Waals surface area contributed by atoms with E-state index in [2.05, 4.69) is 0 Å². The van der Waals surface area contributed by atoms with Crippen LogP contribution in [0.25, 0.3) is 0 Å². The number of carbonyl (C=O) groups excluding carboxylic acids is 4. The standard InChI is InChI=1S/C16H23ClO10/c1-9(18)22-8-16(23-6-5-17)15(27-12(4)21)14(26-11(3)20)13(7-24-16)25-10(2)19/h13-15H,5-8H2,1-4H3/t13-,14-,15+,16-/m1/s1. The Morgan fingerprint density at radius 1 is 0.963 bits per heavy atom. The van der Waals surface area contributed by atoms with Crippen molar-refractivity contribution in [3.05, 3.63) is 0 Å². The van der Waals surface area contributed by atoms with E-state index in [1.807, 2.05) is 0 Å². The molecule has 154 valence electrons. The largest absolute Gasteiger partial charge is 0.460 e. The zero-order valence-corrected chi connectivity index (χ0v) is 16.3. The average Bonchev–Trinajstić information content (AvgIpc) is 2.55. The van der Waals surface area contributed by atoms with Crippen molar-refractivity contribution in [2.75, 3.05) is 25.7 Å². The number of rotatable bonds is 8. The lowest BCUT2D eigenvalue weighted by Gasteiger charge is -2.47. The maximum absolute atomic E-state index is 11.7. The van der Waals surface area contributed by atoms with Gasteiger partial charge in [-0.1, -0.05) is 0 Å². The number of halogens is 1. The molecule has 0 bridgehead atoms. The Morgan fingerprint density at radius 2 is 1.56 bits per heavy atom. The third kappa shape index (κ3) is 6.96. The monoisotopic (exact) mass is 410 g/mol. The van der Waals surface area contributed by atoms with Crippen LogP contribution in [0.5, 0.6) is 0 Å². The highest BCUT2D eigenvalue weighted by Gasteiger charge is 2.58. The minimum Gasteiger partial charge on any atom is -0.460 e. The number of alkyl halides is 1. The molecule has 0 spiro atoms. The maximum Gasteiger partial charge on any atom is 0.303 e. The molecule has 0 unspecified atom stereocenters. The van der Waals surface area contributed by atoms with Crippen molar-refractivity contribution in [2.45, 2.75) is 51.8 Å². The highest BCUT2D eigenvalue weighted by atomic mass is 35.5. The van der Waals surface area contributed by atoms with E-state index in [4.69, 9.17) is 40.0 Å². The van der Waals surface area contributed by atoms with E-state index < -0.39 is 54.6 Å². The van der Waals surface area contributed by atoms with Gasteiger partial charge in [-0.3, -0.25) is 19.2 Å². The van der Waals surface area contributed by atoms with Crippen molar-refractivity contribution in [3.8, 4) is 0 Å². The lowest BCUT2D eigenvalue weighted by molar-refractivity contribution is -0.350. The number of ether oxygens (including phenoxy) is 6. The number of hydrogen-bond donors (Lipinski definition) is 0. The quantitative estimate of drug-likeness (QED) is 0.314. The summed E-state index contributed by atoms with van der Waals surface area (Å²) in [6.07, 6.45) is -3.71. The van der Waals surface area contributed by atoms with E-state index in [1.165, 1.54) is 6.92 Å². The van der Waals surface area contributed by atoms with Crippen LogP contribution in [0.3, 0.4) is 0 Å². The normalized spacial score (nSPS) is 27.4. The van der Waals surface area contributed by atoms with E-state index >= 15 is 0 Å². The molecule has 0 aromatic heterocycles. The topological polar surface area (TPSA) is 124 Å². The van der Waals surface area contributed by atoms with Gasteiger partial charge in [0.1, 0.15) is 6.61 Å². The molecule has 0 saturated carbocycles. The summed E-state index contributed by atoms with van der Waals surface area (Å²) < 4.78 is 31.9. The molecule has 4 atom stereocenters. The van der Waals surface area contributed by atoms with Gasteiger partial charge >= 0.3 is 23.9 Å². The summed E-state index contributed by atoms with van der Waals surface area (Å²) in [5.74, 6) is -4.50. The molecule has 0 amide bonds. The van der Waals surface area contributed by atoms with Crippen LogP contribution in [-0.4, -0.2) is 73.7 Å². The van der Waals surface area contributed by atoms with Crippen molar-refractivity contribution in [2.24, 2.45) is 0 Å². The Morgan fingerprint density at radius 3 is 2.04 bits per heavy atom. The lowest BCUT2D eigenvalue weighted by atomic mass is 9.96. The van der Waals surface area contributed by atoms with Crippen LogP contribution in [0.4, 0.5) is 0 Å². The summed E-state index contributed by atoms with van der Waals surface area (Å²) in [6.45, 7) is 3.81. The van der Waals surface area contributed by atoms with Crippen LogP contribution < -0.4 is 0 Å². The zero-order valence-electron chi connectivity index (χ0n) is 15.5. The highest BCUT2D eigenvalue weighted by molar-refractivity contribution is 6.17. The summed E-state index contributed by atoms with van der Waals surface area (Å²) in [5.41, 5.74) is 0. The molecule has 11 heteroatoms. The fourth-order valence-electron chi connectivity index (χ4n) is 2.53. The maximum atomic E-state index is 11.7. The Kier molecular flexibility index (Phi) is 8.94. The first-order chi connectivity index (χ1) is 12.6. The van der Waals surface area contributed by atoms with Crippen molar-refractivity contribution >= 4 is 35.5 Å². The molecule has 1 aliphatic heterocycles. The first-order valence-electron chi connectivity index (χ1n) is 8.10. The minimum absolute atomic E-state index is 0.0500. The van der Waals surface area contributed by atoms with E-state index in [-0.39, 0.29) is 19.1 Å². The van der Waals surface area contributed by atoms with Gasteiger partial charge in [0.15, 0.2) is 18.3 Å². The van der Waals surface area contributed by atoms with E-state index in [9.17, 15) is 19.2 Å². The third-order valence-electron chi connectivity index (χ3n) is 3.40. The van der Waals surface area contributed by atoms with Crippen molar-refractivity contribution in [1.29, 1.82) is 0 Å². The smallest absolute Gasteiger partial charge is 0.303 e. The molecule has 0 aromatic rings. The second-order valence-corrected chi connectivity index (χ2v) is 6.07. The summed E-state index contributed by atoms with van der Waals surface area (Å²) in [4.78, 5) is 45.9. The molecular weight excluding hydrogens is 388 g/mol. The van der Waals surface area contributed by atoms with Gasteiger partial charge in [-0.25, -0.2) is 0 Å². The predicted molar refractivity (Wildman–Crippen MR) is 88.7 cm³/mol. The van der Waals surface area contributed by atoms with Crippen LogP contribution in [0.1, 0.15) is 27.7 Å². The lowest BCUT2D eigenvalue weighted by Crippen LogP contribution is -2.67. The van der Waals surface area contributed by atoms with Gasteiger partial charge in [-0.15, -0.1) is 11.6 Å². The molecule has 10 nitrogen and oxygen atoms in total. The fraction of sp³-hybridized carbons (Fsp3) is 0.750. The van der Waals surface area contributed by atoms with Gasteiger partial charge in [-0.2, -0.15) is 0 Å². The van der Waals surface area contributed by atoms with Gasteiger partial charge in [0.05, 0.1) is 13.2 Å². The van der Waals surface area contributed by atoms with E-state index in [0.717, 1.165) is 20.8 Å². The molecule has 0 aliphatic carbocycles. The molecular formula is C16H23ClO10. The summed E-state index contributed by atoms with van der Waals surface area (Å²) >= 11 is 5.67. The number of esters is 4. The molecule has 0 aromatic carbocycles. The van der Waals surface area contributed by atoms with Gasteiger partial charge < -0.3 is 28.4 Å². The van der Waals surface area contributed by atoms with Crippen LogP contribution in [-0.2, 0) is 47.6 Å². The predicted octanol–water partition coefficient (Wildman–Crippen LogP) is 0.326. The van der Waals surface area contributed by atoms with Crippen LogP contribution in [0, 0.1) is 0 Å². The minimum atomic E-state index is -1.80. The second kappa shape index (κ2) is 10.4. The van der Waals surface area contributed by atoms with Crippen LogP contribution in [0.2, 0.25) is 0 Å². The number of hydrogen-bond acceptors (Lipinski definition) is 10. The first kappa shape index (κ1) is 23.1. The summed E-state index contributed by atoms with van der Waals surface area (Å²) in [5, 5.41) is 0. The molecule has 1 aliphatic rings. The number of carbonyl (C=O) groups is 4. The first-order valence-corrected chi connectivity index (χ1v) is 8.63. The SMILES string of the molecule is CC(=O)OC[C@@]1(OCCCl)OC[C@@H](OC(C)=O)[C@@H](OC(C)=O)[C@@H]1OC(C)=O. The Balaban J connectivity index is 3.31. The zero-order chi connectivity index (χ0) is 20.6. The second-order valence-electron chi connectivity index (χ2n) is 5.69. The van der Waals surface area contributed by atoms with E-state index in [1.54, 1.807) is 0 Å². The van der Waals surface area contributed by atoms with Crippen molar-refractivity contribution < 1.29 is 47.6 Å². The summed E-state index contributed by atoms with van der Waals surface area (Å²) in [6, 6.07) is 0. The van der Waals surface area contributed by atoms with Gasteiger partial charge in [0.2, 0.25) is 5.79 Å². The van der Waals surface area contributed by atoms with Crippen LogP contribution in [0.15, 0.2) is 0 Å². The average molecular weight is 411 g/mol. The Bertz CT molecular complexity index is 565.